The molecule has 0 saturated heterocycles. The monoisotopic (exact) mass is 772 g/mol. The van der Waals surface area contributed by atoms with Crippen molar-refractivity contribution < 1.29 is 15.3 Å². The molecule has 0 saturated carbocycles. The molecule has 0 unspecified atom stereocenters. The first-order valence-corrected chi connectivity index (χ1v) is 20.5. The van der Waals surface area contributed by atoms with Crippen molar-refractivity contribution in [2.75, 3.05) is 0 Å². The lowest BCUT2D eigenvalue weighted by molar-refractivity contribution is 0.392. The fourth-order valence-electron chi connectivity index (χ4n) is 9.97. The number of aromatic hydroxyl groups is 3. The van der Waals surface area contributed by atoms with Gasteiger partial charge >= 0.3 is 0 Å². The molecular weight excluding hydrogens is 733 g/mol. The highest BCUT2D eigenvalue weighted by Crippen LogP contribution is 2.54. The summed E-state index contributed by atoms with van der Waals surface area (Å²) in [5, 5.41) is 39.9. The number of phenolic OH excluding ortho intramolecular Hbond substituents is 3. The van der Waals surface area contributed by atoms with Crippen molar-refractivity contribution in [1.82, 2.24) is 0 Å². The molecule has 0 fully saturated rings. The molecular formula is C57H40O3. The minimum absolute atomic E-state index is 0.0275. The first-order valence-electron chi connectivity index (χ1n) is 20.5. The Hall–Kier alpha value is -7.62. The summed E-state index contributed by atoms with van der Waals surface area (Å²) in [6, 6.07) is 62.9. The zero-order valence-corrected chi connectivity index (χ0v) is 33.3. The average Bonchev–Trinajstić information content (AvgIpc) is 3.69. The molecule has 0 aromatic heterocycles. The van der Waals surface area contributed by atoms with Crippen LogP contribution >= 0.6 is 0 Å². The van der Waals surface area contributed by atoms with Gasteiger partial charge in [-0.3, -0.25) is 0 Å². The van der Waals surface area contributed by atoms with Gasteiger partial charge in [0.15, 0.2) is 11.5 Å². The Morgan fingerprint density at radius 1 is 0.300 bits per heavy atom. The van der Waals surface area contributed by atoms with E-state index in [-0.39, 0.29) is 22.8 Å². The lowest BCUT2D eigenvalue weighted by Gasteiger charge is -2.22. The molecule has 0 bridgehead atoms. The standard InChI is InChI=1S/C57H40O3/c1-33-50(57(60)56(59)34(2)55(33)58)54-48-23-10-8-21-46(48)52(47-22-9-11-24-49(47)54)44-27-13-26-43-42(44)25-14-28-45(43)53-41(30-29-39-32-37-17-6-7-20-40(37)51(39)53)38-19-12-18-36(31-38)35-15-4-3-5-16-35/h3-31,58-60H,32H2,1-2H3. The molecule has 10 aromatic carbocycles. The Morgan fingerprint density at radius 2 is 0.817 bits per heavy atom. The minimum Gasteiger partial charge on any atom is -0.507 e. The van der Waals surface area contributed by atoms with Gasteiger partial charge in [-0.15, -0.1) is 0 Å². The fourth-order valence-corrected chi connectivity index (χ4v) is 9.97. The highest BCUT2D eigenvalue weighted by molar-refractivity contribution is 6.25. The summed E-state index contributed by atoms with van der Waals surface area (Å²) < 4.78 is 0. The Kier molecular flexibility index (Phi) is 8.14. The molecule has 11 rings (SSSR count). The number of rotatable bonds is 5. The first-order chi connectivity index (χ1) is 29.4. The van der Waals surface area contributed by atoms with Crippen LogP contribution in [0.15, 0.2) is 176 Å². The van der Waals surface area contributed by atoms with Crippen LogP contribution in [0.3, 0.4) is 0 Å². The Labute approximate surface area is 348 Å². The average molecular weight is 773 g/mol. The second-order valence-corrected chi connectivity index (χ2v) is 16.0. The van der Waals surface area contributed by atoms with Crippen LogP contribution in [0, 0.1) is 13.8 Å². The van der Waals surface area contributed by atoms with Crippen molar-refractivity contribution in [3.63, 3.8) is 0 Å². The van der Waals surface area contributed by atoms with Crippen molar-refractivity contribution in [2.24, 2.45) is 0 Å². The third-order valence-electron chi connectivity index (χ3n) is 12.8. The molecule has 286 valence electrons. The molecule has 0 aliphatic heterocycles. The molecule has 1 aliphatic rings. The zero-order chi connectivity index (χ0) is 40.6. The van der Waals surface area contributed by atoms with Crippen molar-refractivity contribution in [3.05, 3.63) is 198 Å². The summed E-state index contributed by atoms with van der Waals surface area (Å²) in [5.41, 5.74) is 16.6. The van der Waals surface area contributed by atoms with Crippen LogP contribution in [-0.4, -0.2) is 15.3 Å². The molecule has 0 heterocycles. The summed E-state index contributed by atoms with van der Waals surface area (Å²) in [6.07, 6.45) is 0.898. The third kappa shape index (κ3) is 5.29. The number of hydrogen-bond acceptors (Lipinski definition) is 3. The predicted molar refractivity (Wildman–Crippen MR) is 249 cm³/mol. The van der Waals surface area contributed by atoms with E-state index in [0.717, 1.165) is 55.4 Å². The summed E-state index contributed by atoms with van der Waals surface area (Å²) in [5.74, 6) is -0.573. The van der Waals surface area contributed by atoms with Crippen LogP contribution in [0.4, 0.5) is 0 Å². The van der Waals surface area contributed by atoms with E-state index in [4.69, 9.17) is 0 Å². The van der Waals surface area contributed by atoms with Crippen LogP contribution in [0.25, 0.3) is 99.1 Å². The molecule has 0 radical (unpaired) electrons. The van der Waals surface area contributed by atoms with Crippen molar-refractivity contribution >= 4 is 32.3 Å². The van der Waals surface area contributed by atoms with Gasteiger partial charge in [0.1, 0.15) is 5.75 Å². The van der Waals surface area contributed by atoms with E-state index in [2.05, 4.69) is 164 Å². The third-order valence-corrected chi connectivity index (χ3v) is 12.8. The number of fused-ring (bicyclic) bond motifs is 6. The lowest BCUT2D eigenvalue weighted by Crippen LogP contribution is -1.96. The van der Waals surface area contributed by atoms with Crippen LogP contribution in [0.1, 0.15) is 22.3 Å². The zero-order valence-electron chi connectivity index (χ0n) is 33.3. The van der Waals surface area contributed by atoms with Gasteiger partial charge in [0.05, 0.1) is 0 Å². The molecule has 0 amide bonds. The van der Waals surface area contributed by atoms with Crippen LogP contribution in [-0.2, 0) is 6.42 Å². The summed E-state index contributed by atoms with van der Waals surface area (Å²) in [4.78, 5) is 0. The maximum absolute atomic E-state index is 11.6. The Balaban J connectivity index is 1.21. The van der Waals surface area contributed by atoms with Gasteiger partial charge in [-0.1, -0.05) is 170 Å². The molecule has 3 nitrogen and oxygen atoms in total. The van der Waals surface area contributed by atoms with E-state index < -0.39 is 0 Å². The fraction of sp³-hybridized carbons (Fsp3) is 0.0526. The van der Waals surface area contributed by atoms with Crippen LogP contribution in [0.2, 0.25) is 0 Å². The van der Waals surface area contributed by atoms with Gasteiger partial charge in [0, 0.05) is 22.3 Å². The molecule has 3 N–H and O–H groups in total. The van der Waals surface area contributed by atoms with Crippen molar-refractivity contribution in [3.8, 4) is 84.0 Å². The molecule has 60 heavy (non-hydrogen) atoms. The highest BCUT2D eigenvalue weighted by Gasteiger charge is 2.28. The smallest absolute Gasteiger partial charge is 0.166 e. The Bertz CT molecular complexity index is 3310. The maximum Gasteiger partial charge on any atom is 0.166 e. The number of hydrogen-bond donors (Lipinski definition) is 3. The number of phenols is 3. The summed E-state index contributed by atoms with van der Waals surface area (Å²) in [7, 11) is 0. The normalized spacial score (nSPS) is 12.0. The van der Waals surface area contributed by atoms with Crippen molar-refractivity contribution in [1.29, 1.82) is 0 Å². The second kappa shape index (κ2) is 13.8. The SMILES string of the molecule is Cc1c(O)c(C)c(-c2c3ccccc3c(-c3cccc4c(-c5c(-c6cccc(-c7ccccc7)c6)ccc6c5-c5ccccc5C6)cccc34)c3ccccc23)c(O)c1O. The molecule has 3 heteroatoms. The number of benzene rings is 10. The van der Waals surface area contributed by atoms with Gasteiger partial charge in [0.25, 0.3) is 0 Å². The van der Waals surface area contributed by atoms with E-state index in [1.54, 1.807) is 13.8 Å². The quantitative estimate of drug-likeness (QED) is 0.0927. The van der Waals surface area contributed by atoms with Gasteiger partial charge in [-0.05, 0) is 125 Å². The van der Waals surface area contributed by atoms with Crippen LogP contribution in [0.5, 0.6) is 17.2 Å². The van der Waals surface area contributed by atoms with E-state index in [9.17, 15) is 15.3 Å². The first kappa shape index (κ1) is 35.5. The molecule has 0 atom stereocenters. The Morgan fingerprint density at radius 3 is 1.50 bits per heavy atom. The molecule has 1 aliphatic carbocycles. The summed E-state index contributed by atoms with van der Waals surface area (Å²) in [6.45, 7) is 3.41. The maximum atomic E-state index is 11.6. The molecule has 0 spiro atoms. The predicted octanol–water partition coefficient (Wildman–Crippen LogP) is 14.8. The lowest BCUT2D eigenvalue weighted by atomic mass is 9.81. The van der Waals surface area contributed by atoms with Crippen molar-refractivity contribution in [2.45, 2.75) is 20.3 Å². The minimum atomic E-state index is -0.312. The van der Waals surface area contributed by atoms with E-state index in [0.29, 0.717) is 11.1 Å². The van der Waals surface area contributed by atoms with E-state index >= 15 is 0 Å². The highest BCUT2D eigenvalue weighted by atomic mass is 16.3. The summed E-state index contributed by atoms with van der Waals surface area (Å²) >= 11 is 0. The molecule has 10 aromatic rings. The van der Waals surface area contributed by atoms with E-state index in [1.807, 2.05) is 12.1 Å². The topological polar surface area (TPSA) is 60.7 Å². The van der Waals surface area contributed by atoms with Gasteiger partial charge in [0.2, 0.25) is 0 Å². The van der Waals surface area contributed by atoms with Gasteiger partial charge in [-0.2, -0.15) is 0 Å². The van der Waals surface area contributed by atoms with Gasteiger partial charge < -0.3 is 15.3 Å². The largest absolute Gasteiger partial charge is 0.507 e. The van der Waals surface area contributed by atoms with E-state index in [1.165, 1.54) is 55.6 Å². The van der Waals surface area contributed by atoms with Crippen LogP contribution < -0.4 is 0 Å². The van der Waals surface area contributed by atoms with Gasteiger partial charge in [-0.25, -0.2) is 0 Å². The second-order valence-electron chi connectivity index (χ2n) is 16.0.